The van der Waals surface area contributed by atoms with Gasteiger partial charge in [0.15, 0.2) is 0 Å². The molecule has 1 saturated heterocycles. The molecule has 1 heterocycles. The summed E-state index contributed by atoms with van der Waals surface area (Å²) >= 11 is 1.68. The smallest absolute Gasteiger partial charge is 0.322 e. The third-order valence-corrected chi connectivity index (χ3v) is 7.90. The first-order valence-electron chi connectivity index (χ1n) is 12.9. The summed E-state index contributed by atoms with van der Waals surface area (Å²) in [5.41, 5.74) is 2.11. The van der Waals surface area contributed by atoms with E-state index in [9.17, 15) is 9.59 Å². The van der Waals surface area contributed by atoms with Crippen LogP contribution < -0.4 is 5.32 Å². The fourth-order valence-corrected chi connectivity index (χ4v) is 5.49. The molecule has 188 valence electrons. The predicted molar refractivity (Wildman–Crippen MR) is 144 cm³/mol. The maximum atomic E-state index is 13.2. The van der Waals surface area contributed by atoms with Gasteiger partial charge in [0.1, 0.15) is 0 Å². The van der Waals surface area contributed by atoms with Crippen LogP contribution in [0.25, 0.3) is 0 Å². The van der Waals surface area contributed by atoms with Crippen molar-refractivity contribution in [2.75, 3.05) is 44.3 Å². The Morgan fingerprint density at radius 3 is 2.29 bits per heavy atom. The highest BCUT2D eigenvalue weighted by Gasteiger charge is 2.28. The highest BCUT2D eigenvalue weighted by atomic mass is 32.2. The zero-order valence-corrected chi connectivity index (χ0v) is 21.6. The second kappa shape index (κ2) is 13.0. The van der Waals surface area contributed by atoms with Crippen molar-refractivity contribution < 1.29 is 9.59 Å². The first-order chi connectivity index (χ1) is 17.1. The summed E-state index contributed by atoms with van der Waals surface area (Å²) in [6, 6.07) is 18.5. The molecule has 35 heavy (non-hydrogen) atoms. The van der Waals surface area contributed by atoms with Crippen LogP contribution in [0.2, 0.25) is 0 Å². The van der Waals surface area contributed by atoms with Gasteiger partial charge in [0.05, 0.1) is 0 Å². The second-order valence-corrected chi connectivity index (χ2v) is 10.4. The van der Waals surface area contributed by atoms with E-state index in [4.69, 9.17) is 0 Å². The molecule has 1 saturated carbocycles. The average Bonchev–Trinajstić information content (AvgIpc) is 2.91. The summed E-state index contributed by atoms with van der Waals surface area (Å²) in [7, 11) is 0. The molecule has 0 radical (unpaired) electrons. The van der Waals surface area contributed by atoms with Crippen molar-refractivity contribution in [1.82, 2.24) is 14.7 Å². The Kier molecular flexibility index (Phi) is 9.49. The lowest BCUT2D eigenvalue weighted by atomic mass is 9.94. The Labute approximate surface area is 214 Å². The van der Waals surface area contributed by atoms with E-state index in [1.807, 2.05) is 46.4 Å². The summed E-state index contributed by atoms with van der Waals surface area (Å²) < 4.78 is 0. The van der Waals surface area contributed by atoms with E-state index >= 15 is 0 Å². The number of hydrogen-bond acceptors (Lipinski definition) is 4. The number of thioether (sulfide) groups is 1. The largest absolute Gasteiger partial charge is 0.340 e. The van der Waals surface area contributed by atoms with Crippen LogP contribution in [0.4, 0.5) is 10.5 Å². The van der Waals surface area contributed by atoms with Gasteiger partial charge in [-0.05, 0) is 48.9 Å². The third kappa shape index (κ3) is 7.48. The van der Waals surface area contributed by atoms with Gasteiger partial charge in [0.25, 0.3) is 0 Å². The molecule has 2 aromatic carbocycles. The Balaban J connectivity index is 1.29. The van der Waals surface area contributed by atoms with Gasteiger partial charge < -0.3 is 15.1 Å². The van der Waals surface area contributed by atoms with Crippen LogP contribution in [-0.2, 0) is 11.3 Å². The van der Waals surface area contributed by atoms with Crippen LogP contribution in [0, 0.1) is 0 Å². The number of amides is 3. The van der Waals surface area contributed by atoms with E-state index in [0.717, 1.165) is 64.1 Å². The molecule has 0 bridgehead atoms. The summed E-state index contributed by atoms with van der Waals surface area (Å²) in [6.45, 7) is 4.68. The van der Waals surface area contributed by atoms with Crippen molar-refractivity contribution in [2.24, 2.45) is 0 Å². The van der Waals surface area contributed by atoms with Crippen LogP contribution in [0.3, 0.4) is 0 Å². The molecule has 7 heteroatoms. The Bertz CT molecular complexity index is 939. The lowest BCUT2D eigenvalue weighted by Crippen LogP contribution is -2.50. The summed E-state index contributed by atoms with van der Waals surface area (Å²) in [6.07, 6.45) is 7.99. The van der Waals surface area contributed by atoms with Gasteiger partial charge in [-0.3, -0.25) is 9.69 Å². The molecule has 3 amide bonds. The van der Waals surface area contributed by atoms with Gasteiger partial charge in [-0.25, -0.2) is 4.79 Å². The topological polar surface area (TPSA) is 55.9 Å². The van der Waals surface area contributed by atoms with Gasteiger partial charge in [-0.15, -0.1) is 11.8 Å². The lowest BCUT2D eigenvalue weighted by Gasteiger charge is -2.37. The summed E-state index contributed by atoms with van der Waals surface area (Å²) in [5.74, 6) is 0.155. The molecule has 2 aromatic rings. The Hall–Kier alpha value is -2.51. The van der Waals surface area contributed by atoms with Gasteiger partial charge >= 0.3 is 6.03 Å². The molecule has 6 nitrogen and oxygen atoms in total. The standard InChI is InChI=1S/C28H38N4O2S/c1-35-26-14-12-24(13-15-26)29-28(34)32(25-10-6-3-7-11-25)17-16-27(33)31-20-18-30(19-21-31)22-23-8-4-2-5-9-23/h2,4-5,8-9,12-15,25H,3,6-7,10-11,16-22H2,1H3,(H,29,34). The molecule has 4 rings (SSSR count). The minimum absolute atomic E-state index is 0.0886. The monoisotopic (exact) mass is 494 g/mol. The summed E-state index contributed by atoms with van der Waals surface area (Å²) in [4.78, 5) is 33.8. The van der Waals surface area contributed by atoms with Crippen molar-refractivity contribution in [2.45, 2.75) is 56.0 Å². The molecule has 0 spiro atoms. The van der Waals surface area contributed by atoms with Crippen LogP contribution in [-0.4, -0.2) is 71.7 Å². The first kappa shape index (κ1) is 25.6. The van der Waals surface area contributed by atoms with E-state index in [-0.39, 0.29) is 18.0 Å². The van der Waals surface area contributed by atoms with E-state index < -0.39 is 0 Å². The third-order valence-electron chi connectivity index (χ3n) is 7.16. The molecule has 1 aliphatic heterocycles. The lowest BCUT2D eigenvalue weighted by molar-refractivity contribution is -0.133. The van der Waals surface area contributed by atoms with E-state index in [0.29, 0.717) is 13.0 Å². The number of carbonyl (C=O) groups is 2. The van der Waals surface area contributed by atoms with Crippen LogP contribution in [0.1, 0.15) is 44.1 Å². The van der Waals surface area contributed by atoms with Crippen molar-refractivity contribution >= 4 is 29.4 Å². The van der Waals surface area contributed by atoms with E-state index in [1.54, 1.807) is 11.8 Å². The first-order valence-corrected chi connectivity index (χ1v) is 14.1. The highest BCUT2D eigenvalue weighted by Crippen LogP contribution is 2.24. The molecule has 1 N–H and O–H groups in total. The number of rotatable bonds is 8. The molecule has 0 atom stereocenters. The average molecular weight is 495 g/mol. The van der Waals surface area contributed by atoms with Crippen molar-refractivity contribution in [3.8, 4) is 0 Å². The number of benzene rings is 2. The number of carbonyl (C=O) groups excluding carboxylic acids is 2. The number of hydrogen-bond donors (Lipinski definition) is 1. The predicted octanol–water partition coefficient (Wildman–Crippen LogP) is 5.31. The number of urea groups is 1. The normalized spacial score (nSPS) is 17.2. The van der Waals surface area contributed by atoms with Crippen molar-refractivity contribution in [3.63, 3.8) is 0 Å². The Morgan fingerprint density at radius 2 is 1.63 bits per heavy atom. The molecule has 1 aliphatic carbocycles. The molecule has 0 unspecified atom stereocenters. The molecule has 2 aliphatic rings. The van der Waals surface area contributed by atoms with Crippen LogP contribution in [0.15, 0.2) is 59.5 Å². The van der Waals surface area contributed by atoms with E-state index in [1.165, 1.54) is 16.9 Å². The van der Waals surface area contributed by atoms with Crippen molar-refractivity contribution in [3.05, 3.63) is 60.2 Å². The van der Waals surface area contributed by atoms with Crippen LogP contribution in [0.5, 0.6) is 0 Å². The molecule has 2 fully saturated rings. The molecule has 0 aromatic heterocycles. The SMILES string of the molecule is CSc1ccc(NC(=O)N(CCC(=O)N2CCN(Cc3ccccc3)CC2)C2CCCCC2)cc1. The van der Waals surface area contributed by atoms with Crippen LogP contribution >= 0.6 is 11.8 Å². The summed E-state index contributed by atoms with van der Waals surface area (Å²) in [5, 5.41) is 3.07. The quantitative estimate of drug-likeness (QED) is 0.506. The zero-order valence-electron chi connectivity index (χ0n) is 20.8. The fourth-order valence-electron chi connectivity index (χ4n) is 5.08. The van der Waals surface area contributed by atoms with Crippen molar-refractivity contribution in [1.29, 1.82) is 0 Å². The minimum atomic E-state index is -0.0886. The van der Waals surface area contributed by atoms with Gasteiger partial charge in [-0.2, -0.15) is 0 Å². The van der Waals surface area contributed by atoms with Gasteiger partial charge in [0, 0.05) is 62.3 Å². The maximum absolute atomic E-state index is 13.2. The fraction of sp³-hybridized carbons (Fsp3) is 0.500. The number of piperazine rings is 1. The molecular weight excluding hydrogens is 456 g/mol. The van der Waals surface area contributed by atoms with Gasteiger partial charge in [0.2, 0.25) is 5.91 Å². The number of nitrogens with one attached hydrogen (secondary N) is 1. The van der Waals surface area contributed by atoms with Gasteiger partial charge in [-0.1, -0.05) is 49.6 Å². The minimum Gasteiger partial charge on any atom is -0.340 e. The van der Waals surface area contributed by atoms with E-state index in [2.05, 4.69) is 34.5 Å². The highest BCUT2D eigenvalue weighted by molar-refractivity contribution is 7.98. The second-order valence-electron chi connectivity index (χ2n) is 9.54. The Morgan fingerprint density at radius 1 is 0.943 bits per heavy atom. The molecular formula is C28H38N4O2S. The number of nitrogens with zero attached hydrogens (tertiary/aromatic N) is 3. The maximum Gasteiger partial charge on any atom is 0.322 e. The zero-order chi connectivity index (χ0) is 24.5. The number of anilines is 1.